The zero-order valence-corrected chi connectivity index (χ0v) is 23.8. The number of aromatic nitrogens is 2. The molecule has 1 fully saturated rings. The number of nitrogens with zero attached hydrogens (tertiary/aromatic N) is 5. The van der Waals surface area contributed by atoms with E-state index >= 15 is 4.39 Å². The summed E-state index contributed by atoms with van der Waals surface area (Å²) in [6, 6.07) is 13.0. The third-order valence-electron chi connectivity index (χ3n) is 7.51. The number of phenolic OH excluding ortho intramolecular Hbond substituents is 1. The number of anilines is 1. The number of ether oxygens (including phenoxy) is 1. The van der Waals surface area contributed by atoms with Gasteiger partial charge in [0, 0.05) is 42.7 Å². The van der Waals surface area contributed by atoms with Gasteiger partial charge in [-0.1, -0.05) is 35.9 Å². The van der Waals surface area contributed by atoms with E-state index in [0.717, 1.165) is 36.8 Å². The SMILES string of the molecule is C[C@@H]1CN(c2nc(OCCCN(C)C)nc3c(F)c(-c4cc(O)cc5ccccc45)c(Cl)cc23)[C@@H](C)CN1C. The van der Waals surface area contributed by atoms with E-state index < -0.39 is 5.82 Å². The van der Waals surface area contributed by atoms with Crippen molar-refractivity contribution in [1.29, 1.82) is 0 Å². The number of rotatable bonds is 7. The van der Waals surface area contributed by atoms with Gasteiger partial charge >= 0.3 is 6.01 Å². The topological polar surface area (TPSA) is 65.0 Å². The summed E-state index contributed by atoms with van der Waals surface area (Å²) in [7, 11) is 6.12. The van der Waals surface area contributed by atoms with Gasteiger partial charge in [-0.25, -0.2) is 4.39 Å². The molecule has 0 bridgehead atoms. The molecule has 5 rings (SSSR count). The van der Waals surface area contributed by atoms with Crippen LogP contribution in [0.1, 0.15) is 20.3 Å². The van der Waals surface area contributed by atoms with Crippen LogP contribution in [0.15, 0.2) is 42.5 Å². The molecule has 0 unspecified atom stereocenters. The highest BCUT2D eigenvalue weighted by molar-refractivity contribution is 6.35. The van der Waals surface area contributed by atoms with Crippen LogP contribution in [-0.2, 0) is 0 Å². The lowest BCUT2D eigenvalue weighted by Crippen LogP contribution is -2.55. The lowest BCUT2D eigenvalue weighted by Gasteiger charge is -2.43. The monoisotopic (exact) mass is 551 g/mol. The van der Waals surface area contributed by atoms with Crippen LogP contribution < -0.4 is 9.64 Å². The van der Waals surface area contributed by atoms with Crippen LogP contribution in [0.3, 0.4) is 0 Å². The van der Waals surface area contributed by atoms with E-state index in [1.54, 1.807) is 18.2 Å². The second-order valence-corrected chi connectivity index (χ2v) is 11.2. The van der Waals surface area contributed by atoms with Crippen molar-refractivity contribution >= 4 is 39.1 Å². The minimum Gasteiger partial charge on any atom is -0.508 e. The molecule has 1 saturated heterocycles. The first kappa shape index (κ1) is 27.4. The minimum atomic E-state index is -0.565. The van der Waals surface area contributed by atoms with Crippen molar-refractivity contribution in [1.82, 2.24) is 19.8 Å². The number of hydrogen-bond acceptors (Lipinski definition) is 7. The number of benzene rings is 3. The molecular weight excluding hydrogens is 517 g/mol. The van der Waals surface area contributed by atoms with Crippen LogP contribution >= 0.6 is 11.6 Å². The van der Waals surface area contributed by atoms with Crippen LogP contribution in [-0.4, -0.2) is 84.3 Å². The predicted molar refractivity (Wildman–Crippen MR) is 157 cm³/mol. The van der Waals surface area contributed by atoms with Gasteiger partial charge in [0.25, 0.3) is 0 Å². The summed E-state index contributed by atoms with van der Waals surface area (Å²) in [5.74, 6) is 0.0841. The van der Waals surface area contributed by atoms with Crippen LogP contribution in [0.25, 0.3) is 32.8 Å². The Balaban J connectivity index is 1.69. The molecule has 2 atom stereocenters. The molecule has 1 N–H and O–H groups in total. The van der Waals surface area contributed by atoms with Gasteiger partial charge in [-0.2, -0.15) is 9.97 Å². The molecule has 1 aliphatic heterocycles. The number of hydrogen-bond donors (Lipinski definition) is 1. The van der Waals surface area contributed by atoms with Gasteiger partial charge < -0.3 is 19.6 Å². The molecule has 3 aromatic carbocycles. The third-order valence-corrected chi connectivity index (χ3v) is 7.81. The molecule has 9 heteroatoms. The summed E-state index contributed by atoms with van der Waals surface area (Å²) in [6.45, 7) is 7.14. The Morgan fingerprint density at radius 3 is 2.62 bits per heavy atom. The van der Waals surface area contributed by atoms with Crippen molar-refractivity contribution in [3.63, 3.8) is 0 Å². The average Bonchev–Trinajstić information content (AvgIpc) is 2.88. The van der Waals surface area contributed by atoms with Crippen LogP contribution in [0, 0.1) is 5.82 Å². The second-order valence-electron chi connectivity index (χ2n) is 10.8. The molecule has 206 valence electrons. The van der Waals surface area contributed by atoms with E-state index in [0.29, 0.717) is 23.4 Å². The molecule has 0 radical (unpaired) electrons. The van der Waals surface area contributed by atoms with E-state index in [1.165, 1.54) is 0 Å². The Kier molecular flexibility index (Phi) is 7.80. The van der Waals surface area contributed by atoms with Gasteiger partial charge in [0.05, 0.1) is 11.6 Å². The number of aromatic hydroxyl groups is 1. The van der Waals surface area contributed by atoms with Crippen molar-refractivity contribution in [2.75, 3.05) is 52.3 Å². The Hall–Kier alpha value is -3.20. The summed E-state index contributed by atoms with van der Waals surface area (Å²) in [5, 5.41) is 12.8. The molecule has 1 aromatic heterocycles. The Bertz CT molecular complexity index is 1510. The summed E-state index contributed by atoms with van der Waals surface area (Å²) < 4.78 is 22.6. The normalized spacial score (nSPS) is 18.4. The summed E-state index contributed by atoms with van der Waals surface area (Å²) in [5.41, 5.74) is 0.845. The van der Waals surface area contributed by atoms with Gasteiger partial charge in [0.2, 0.25) is 0 Å². The molecular formula is C30H35ClFN5O2. The first-order valence-corrected chi connectivity index (χ1v) is 13.7. The quantitative estimate of drug-likeness (QED) is 0.291. The van der Waals surface area contributed by atoms with Crippen LogP contribution in [0.4, 0.5) is 10.2 Å². The number of likely N-dealkylation sites (N-methyl/N-ethyl adjacent to an activating group) is 1. The second kappa shape index (κ2) is 11.1. The lowest BCUT2D eigenvalue weighted by atomic mass is 9.96. The highest BCUT2D eigenvalue weighted by Gasteiger charge is 2.31. The van der Waals surface area contributed by atoms with Crippen molar-refractivity contribution in [2.45, 2.75) is 32.4 Å². The van der Waals surface area contributed by atoms with Gasteiger partial charge in [0.15, 0.2) is 5.82 Å². The van der Waals surface area contributed by atoms with Crippen molar-refractivity contribution < 1.29 is 14.2 Å². The maximum atomic E-state index is 16.6. The first-order chi connectivity index (χ1) is 18.6. The van der Waals surface area contributed by atoms with E-state index in [1.807, 2.05) is 38.4 Å². The maximum absolute atomic E-state index is 16.6. The maximum Gasteiger partial charge on any atom is 0.319 e. The highest BCUT2D eigenvalue weighted by Crippen LogP contribution is 2.42. The molecule has 0 aliphatic carbocycles. The standard InChI is InChI=1S/C30H35ClFN5O2/c1-18-17-37(19(2)16-36(18)5)29-24-15-25(31)26(23-14-21(38)13-20-9-6-7-10-22(20)23)27(32)28(24)33-30(34-29)39-12-8-11-35(3)4/h6-7,9-10,13-15,18-19,38H,8,11-12,16-17H2,1-5H3/t18-,19+/m1/s1. The van der Waals surface area contributed by atoms with Crippen LogP contribution in [0.2, 0.25) is 5.02 Å². The zero-order valence-electron chi connectivity index (χ0n) is 23.1. The van der Waals surface area contributed by atoms with Crippen molar-refractivity contribution in [3.8, 4) is 22.9 Å². The minimum absolute atomic E-state index is 0.0350. The zero-order chi connectivity index (χ0) is 27.8. The fourth-order valence-corrected chi connectivity index (χ4v) is 5.62. The summed E-state index contributed by atoms with van der Waals surface area (Å²) >= 11 is 6.83. The van der Waals surface area contributed by atoms with E-state index in [4.69, 9.17) is 21.3 Å². The number of fused-ring (bicyclic) bond motifs is 2. The fraction of sp³-hybridized carbons (Fsp3) is 0.400. The average molecular weight is 552 g/mol. The van der Waals surface area contributed by atoms with Crippen LogP contribution in [0.5, 0.6) is 11.8 Å². The van der Waals surface area contributed by atoms with Gasteiger partial charge in [-0.15, -0.1) is 0 Å². The summed E-state index contributed by atoms with van der Waals surface area (Å²) in [6.07, 6.45) is 0.787. The summed E-state index contributed by atoms with van der Waals surface area (Å²) in [4.78, 5) is 15.9. The van der Waals surface area contributed by atoms with E-state index in [2.05, 4.69) is 40.6 Å². The highest BCUT2D eigenvalue weighted by atomic mass is 35.5. The molecule has 0 saturated carbocycles. The smallest absolute Gasteiger partial charge is 0.319 e. The number of halogens is 2. The molecule has 0 spiro atoms. The first-order valence-electron chi connectivity index (χ1n) is 13.3. The Labute approximate surface area is 233 Å². The largest absolute Gasteiger partial charge is 0.508 e. The Morgan fingerprint density at radius 2 is 1.85 bits per heavy atom. The van der Waals surface area contributed by atoms with E-state index in [9.17, 15) is 5.11 Å². The van der Waals surface area contributed by atoms with E-state index in [-0.39, 0.29) is 39.9 Å². The molecule has 0 amide bonds. The van der Waals surface area contributed by atoms with Crippen molar-refractivity contribution in [2.24, 2.45) is 0 Å². The molecule has 4 aromatic rings. The van der Waals surface area contributed by atoms with Gasteiger partial charge in [-0.05, 0) is 75.9 Å². The molecule has 1 aliphatic rings. The lowest BCUT2D eigenvalue weighted by molar-refractivity contribution is 0.205. The Morgan fingerprint density at radius 1 is 1.08 bits per heavy atom. The number of phenols is 1. The van der Waals surface area contributed by atoms with Gasteiger partial charge in [-0.3, -0.25) is 4.90 Å². The van der Waals surface area contributed by atoms with Crippen molar-refractivity contribution in [3.05, 3.63) is 53.3 Å². The fourth-order valence-electron chi connectivity index (χ4n) is 5.33. The molecule has 39 heavy (non-hydrogen) atoms. The third kappa shape index (κ3) is 5.46. The molecule has 2 heterocycles. The van der Waals surface area contributed by atoms with Gasteiger partial charge in [0.1, 0.15) is 17.1 Å². The molecule has 7 nitrogen and oxygen atoms in total. The number of piperazine rings is 1. The predicted octanol–water partition coefficient (Wildman–Crippen LogP) is 5.81.